The van der Waals surface area contributed by atoms with E-state index in [0.29, 0.717) is 31.4 Å². The van der Waals surface area contributed by atoms with Crippen LogP contribution in [-0.4, -0.2) is 69.2 Å². The summed E-state index contributed by atoms with van der Waals surface area (Å²) < 4.78 is 1.85. The fourth-order valence-electron chi connectivity index (χ4n) is 3.46. The summed E-state index contributed by atoms with van der Waals surface area (Å²) in [7, 11) is 1.59. The normalized spacial score (nSPS) is 17.7. The molecule has 1 aromatic heterocycles. The number of piperidine rings is 1. The molecule has 150 valence electrons. The predicted octanol–water partition coefficient (Wildman–Crippen LogP) is 1.60. The lowest BCUT2D eigenvalue weighted by Crippen LogP contribution is -2.47. The van der Waals surface area contributed by atoms with Crippen molar-refractivity contribution in [3.63, 3.8) is 0 Å². The summed E-state index contributed by atoms with van der Waals surface area (Å²) in [4.78, 5) is 39.5. The number of rotatable bonds is 5. The summed E-state index contributed by atoms with van der Waals surface area (Å²) >= 11 is 0. The first-order chi connectivity index (χ1) is 12.6. The van der Waals surface area contributed by atoms with E-state index in [-0.39, 0.29) is 30.4 Å². The van der Waals surface area contributed by atoms with Gasteiger partial charge in [-0.05, 0) is 40.0 Å². The van der Waals surface area contributed by atoms with Crippen molar-refractivity contribution in [1.82, 2.24) is 19.6 Å². The Bertz CT molecular complexity index is 720. The van der Waals surface area contributed by atoms with Gasteiger partial charge in [0.2, 0.25) is 5.91 Å². The molecule has 1 unspecified atom stereocenters. The first kappa shape index (κ1) is 20.9. The number of carboxylic acid groups (broad SMARTS) is 1. The third-order valence-corrected chi connectivity index (χ3v) is 4.91. The minimum Gasteiger partial charge on any atom is -0.481 e. The molecule has 0 saturated carbocycles. The molecule has 1 fully saturated rings. The average molecular weight is 378 g/mol. The van der Waals surface area contributed by atoms with E-state index < -0.39 is 11.9 Å². The molecule has 8 nitrogen and oxygen atoms in total. The molecule has 1 aliphatic heterocycles. The van der Waals surface area contributed by atoms with Gasteiger partial charge >= 0.3 is 5.97 Å². The van der Waals surface area contributed by atoms with E-state index in [2.05, 4.69) is 5.10 Å². The Morgan fingerprint density at radius 2 is 2.00 bits per heavy atom. The summed E-state index contributed by atoms with van der Waals surface area (Å²) in [6.07, 6.45) is 3.47. The summed E-state index contributed by atoms with van der Waals surface area (Å²) in [5.41, 5.74) is 1.11. The molecular weight excluding hydrogens is 348 g/mol. The molecular formula is C19H30N4O4. The zero-order chi connectivity index (χ0) is 20.4. The van der Waals surface area contributed by atoms with Gasteiger partial charge in [0.1, 0.15) is 0 Å². The molecule has 1 aromatic rings. The summed E-state index contributed by atoms with van der Waals surface area (Å²) in [6.45, 7) is 8.71. The van der Waals surface area contributed by atoms with Gasteiger partial charge in [-0.3, -0.25) is 19.1 Å². The van der Waals surface area contributed by atoms with Crippen LogP contribution in [0, 0.1) is 5.92 Å². The van der Waals surface area contributed by atoms with Crippen molar-refractivity contribution in [1.29, 1.82) is 0 Å². The number of hydrogen-bond acceptors (Lipinski definition) is 4. The number of nitrogens with zero attached hydrogens (tertiary/aromatic N) is 4. The van der Waals surface area contributed by atoms with Crippen molar-refractivity contribution in [3.8, 4) is 0 Å². The number of likely N-dealkylation sites (N-methyl/N-ethyl adjacent to an activating group) is 1. The largest absolute Gasteiger partial charge is 0.481 e. The van der Waals surface area contributed by atoms with E-state index >= 15 is 0 Å². The minimum absolute atomic E-state index is 0.0744. The molecule has 8 heteroatoms. The van der Waals surface area contributed by atoms with Gasteiger partial charge in [0.05, 0.1) is 35.5 Å². The van der Waals surface area contributed by atoms with E-state index in [4.69, 9.17) is 0 Å². The number of carbonyl (C=O) groups excluding carboxylic acids is 2. The van der Waals surface area contributed by atoms with Gasteiger partial charge in [0.25, 0.3) is 5.91 Å². The Morgan fingerprint density at radius 1 is 1.33 bits per heavy atom. The highest BCUT2D eigenvalue weighted by Crippen LogP contribution is 2.21. The fraction of sp³-hybridized carbons (Fsp3) is 0.684. The fourth-order valence-corrected chi connectivity index (χ4v) is 3.46. The Hall–Kier alpha value is -2.38. The minimum atomic E-state index is -0.876. The van der Waals surface area contributed by atoms with Gasteiger partial charge in [-0.1, -0.05) is 6.92 Å². The second-order valence-electron chi connectivity index (χ2n) is 8.12. The monoisotopic (exact) mass is 378 g/mol. The number of likely N-dealkylation sites (tertiary alicyclic amines) is 1. The Kier molecular flexibility index (Phi) is 6.28. The van der Waals surface area contributed by atoms with Crippen molar-refractivity contribution in [3.05, 3.63) is 17.5 Å². The first-order valence-corrected chi connectivity index (χ1v) is 9.39. The summed E-state index contributed by atoms with van der Waals surface area (Å²) in [5.74, 6) is -1.87. The van der Waals surface area contributed by atoms with Gasteiger partial charge in [-0.15, -0.1) is 0 Å². The maximum atomic E-state index is 12.9. The second-order valence-corrected chi connectivity index (χ2v) is 8.12. The molecule has 1 aliphatic rings. The van der Waals surface area contributed by atoms with E-state index in [1.807, 2.05) is 32.4 Å². The topological polar surface area (TPSA) is 95.7 Å². The number of aliphatic carboxylic acids is 1. The molecule has 0 radical (unpaired) electrons. The van der Waals surface area contributed by atoms with E-state index in [9.17, 15) is 19.5 Å². The number of hydrogen-bond donors (Lipinski definition) is 1. The van der Waals surface area contributed by atoms with Crippen LogP contribution in [0.15, 0.2) is 6.20 Å². The van der Waals surface area contributed by atoms with E-state index in [0.717, 1.165) is 5.69 Å². The molecule has 0 aliphatic carbocycles. The molecule has 2 rings (SSSR count). The SMILES string of the molecule is CCc1c(C(=O)N(C)CC(=O)N2CCCC(C(=O)O)C2)cnn1C(C)(C)C. The number of amides is 2. The van der Waals surface area contributed by atoms with Gasteiger partial charge < -0.3 is 14.9 Å². The maximum absolute atomic E-state index is 12.9. The molecule has 1 atom stereocenters. The van der Waals surface area contributed by atoms with Crippen LogP contribution in [0.3, 0.4) is 0 Å². The lowest BCUT2D eigenvalue weighted by molar-refractivity contribution is -0.145. The zero-order valence-electron chi connectivity index (χ0n) is 16.9. The van der Waals surface area contributed by atoms with Gasteiger partial charge in [-0.2, -0.15) is 5.10 Å². The van der Waals surface area contributed by atoms with Gasteiger partial charge in [0, 0.05) is 20.1 Å². The lowest BCUT2D eigenvalue weighted by atomic mass is 9.98. The third kappa shape index (κ3) is 4.67. The van der Waals surface area contributed by atoms with Crippen molar-refractivity contribution < 1.29 is 19.5 Å². The van der Waals surface area contributed by atoms with Crippen LogP contribution in [0.25, 0.3) is 0 Å². The second kappa shape index (κ2) is 8.10. The van der Waals surface area contributed by atoms with E-state index in [1.165, 1.54) is 4.90 Å². The highest BCUT2D eigenvalue weighted by molar-refractivity contribution is 5.97. The predicted molar refractivity (Wildman–Crippen MR) is 101 cm³/mol. The van der Waals surface area contributed by atoms with Crippen LogP contribution in [0.4, 0.5) is 0 Å². The van der Waals surface area contributed by atoms with Gasteiger partial charge in [-0.25, -0.2) is 0 Å². The van der Waals surface area contributed by atoms with Crippen LogP contribution in [0.1, 0.15) is 56.6 Å². The quantitative estimate of drug-likeness (QED) is 0.839. The van der Waals surface area contributed by atoms with Crippen molar-refractivity contribution in [2.45, 2.75) is 52.5 Å². The van der Waals surface area contributed by atoms with Crippen LogP contribution in [0.2, 0.25) is 0 Å². The Balaban J connectivity index is 2.09. The summed E-state index contributed by atoms with van der Waals surface area (Å²) in [6, 6.07) is 0. The van der Waals surface area contributed by atoms with E-state index in [1.54, 1.807) is 18.1 Å². The first-order valence-electron chi connectivity index (χ1n) is 9.39. The lowest BCUT2D eigenvalue weighted by Gasteiger charge is -2.32. The third-order valence-electron chi connectivity index (χ3n) is 4.91. The van der Waals surface area contributed by atoms with Crippen LogP contribution >= 0.6 is 0 Å². The highest BCUT2D eigenvalue weighted by atomic mass is 16.4. The number of aromatic nitrogens is 2. The van der Waals surface area contributed by atoms with Crippen LogP contribution < -0.4 is 0 Å². The van der Waals surface area contributed by atoms with Crippen molar-refractivity contribution in [2.75, 3.05) is 26.7 Å². The summed E-state index contributed by atoms with van der Waals surface area (Å²) in [5, 5.41) is 13.5. The molecule has 0 spiro atoms. The van der Waals surface area contributed by atoms with Crippen LogP contribution in [-0.2, 0) is 21.5 Å². The molecule has 0 aromatic carbocycles. The average Bonchev–Trinajstić information content (AvgIpc) is 3.05. The molecule has 1 saturated heterocycles. The molecule has 27 heavy (non-hydrogen) atoms. The standard InChI is InChI=1S/C19H30N4O4/c1-6-15-14(10-20-23(15)19(2,3)4)17(25)21(5)12-16(24)22-9-7-8-13(11-22)18(26)27/h10,13H,6-9,11-12H2,1-5H3,(H,26,27). The molecule has 2 heterocycles. The molecule has 2 amide bonds. The Morgan fingerprint density at radius 3 is 2.56 bits per heavy atom. The molecule has 0 bridgehead atoms. The van der Waals surface area contributed by atoms with Gasteiger partial charge in [0.15, 0.2) is 0 Å². The number of carboxylic acids is 1. The smallest absolute Gasteiger partial charge is 0.308 e. The maximum Gasteiger partial charge on any atom is 0.308 e. The molecule has 1 N–H and O–H groups in total. The Labute approximate surface area is 160 Å². The number of carbonyl (C=O) groups is 3. The van der Waals surface area contributed by atoms with Crippen molar-refractivity contribution >= 4 is 17.8 Å². The zero-order valence-corrected chi connectivity index (χ0v) is 16.9. The van der Waals surface area contributed by atoms with Crippen molar-refractivity contribution in [2.24, 2.45) is 5.92 Å². The highest BCUT2D eigenvalue weighted by Gasteiger charge is 2.30. The van der Waals surface area contributed by atoms with Crippen LogP contribution in [0.5, 0.6) is 0 Å².